The van der Waals surface area contributed by atoms with E-state index in [9.17, 15) is 8.78 Å². The molecule has 110 valence electrons. The smallest absolute Gasteiger partial charge is 0.210 e. The van der Waals surface area contributed by atoms with Crippen molar-refractivity contribution in [3.8, 4) is 0 Å². The lowest BCUT2D eigenvalue weighted by atomic mass is 9.85. The van der Waals surface area contributed by atoms with Crippen LogP contribution < -0.4 is 0 Å². The molecule has 0 aliphatic rings. The van der Waals surface area contributed by atoms with Gasteiger partial charge in [0.05, 0.1) is 0 Å². The molecule has 18 heavy (non-hydrogen) atoms. The summed E-state index contributed by atoms with van der Waals surface area (Å²) in [5, 5.41) is 0. The Balaban J connectivity index is 3.88. The number of unbranched alkanes of at least 4 members (excludes halogenated alkanes) is 6. The van der Waals surface area contributed by atoms with Gasteiger partial charge in [0.15, 0.2) is 0 Å². The summed E-state index contributed by atoms with van der Waals surface area (Å²) in [6.45, 7) is 6.09. The lowest BCUT2D eigenvalue weighted by Crippen LogP contribution is -2.19. The predicted octanol–water partition coefficient (Wildman–Crippen LogP) is 6.44. The van der Waals surface area contributed by atoms with Crippen molar-refractivity contribution < 1.29 is 8.78 Å². The monoisotopic (exact) mass is 262 g/mol. The van der Waals surface area contributed by atoms with E-state index in [4.69, 9.17) is 0 Å². The van der Waals surface area contributed by atoms with E-state index in [1.807, 2.05) is 0 Å². The zero-order valence-electron chi connectivity index (χ0n) is 12.6. The molecule has 0 amide bonds. The quantitative estimate of drug-likeness (QED) is 0.355. The molecule has 0 aliphatic carbocycles. The Bertz CT molecular complexity index is 168. The SMILES string of the molecule is CCCCCCCC(CCCCC)[C@@H](C)C(F)F. The van der Waals surface area contributed by atoms with E-state index >= 15 is 0 Å². The van der Waals surface area contributed by atoms with Gasteiger partial charge in [0.1, 0.15) is 0 Å². The van der Waals surface area contributed by atoms with Crippen LogP contribution in [0.3, 0.4) is 0 Å². The number of hydrogen-bond donors (Lipinski definition) is 0. The Morgan fingerprint density at radius 2 is 1.17 bits per heavy atom. The molecule has 0 bridgehead atoms. The molecule has 0 aliphatic heterocycles. The first kappa shape index (κ1) is 17.9. The summed E-state index contributed by atoms with van der Waals surface area (Å²) in [4.78, 5) is 0. The highest BCUT2D eigenvalue weighted by Crippen LogP contribution is 2.29. The Morgan fingerprint density at radius 1 is 0.722 bits per heavy atom. The van der Waals surface area contributed by atoms with Crippen LogP contribution >= 0.6 is 0 Å². The number of hydrogen-bond acceptors (Lipinski definition) is 0. The second-order valence-electron chi connectivity index (χ2n) is 5.65. The van der Waals surface area contributed by atoms with E-state index in [0.717, 1.165) is 25.7 Å². The first-order valence-corrected chi connectivity index (χ1v) is 7.91. The first-order chi connectivity index (χ1) is 8.63. The fraction of sp³-hybridized carbons (Fsp3) is 1.00. The van der Waals surface area contributed by atoms with Crippen molar-refractivity contribution in [3.05, 3.63) is 0 Å². The fourth-order valence-corrected chi connectivity index (χ4v) is 2.54. The molecular weight excluding hydrogens is 230 g/mol. The van der Waals surface area contributed by atoms with E-state index < -0.39 is 12.3 Å². The molecule has 2 atom stereocenters. The van der Waals surface area contributed by atoms with Crippen LogP contribution in [-0.4, -0.2) is 6.43 Å². The van der Waals surface area contributed by atoms with Crippen LogP contribution in [0.4, 0.5) is 8.78 Å². The van der Waals surface area contributed by atoms with Gasteiger partial charge in [-0.25, -0.2) is 8.78 Å². The second kappa shape index (κ2) is 11.9. The van der Waals surface area contributed by atoms with Crippen molar-refractivity contribution in [2.75, 3.05) is 0 Å². The first-order valence-electron chi connectivity index (χ1n) is 7.91. The molecule has 1 unspecified atom stereocenters. The van der Waals surface area contributed by atoms with Crippen LogP contribution in [-0.2, 0) is 0 Å². The minimum atomic E-state index is -2.15. The molecule has 0 aromatic carbocycles. The highest BCUT2D eigenvalue weighted by Gasteiger charge is 2.24. The third kappa shape index (κ3) is 8.88. The van der Waals surface area contributed by atoms with Gasteiger partial charge in [-0.15, -0.1) is 0 Å². The Kier molecular flexibility index (Phi) is 11.8. The molecule has 0 rings (SSSR count). The maximum Gasteiger partial charge on any atom is 0.241 e. The average Bonchev–Trinajstić information content (AvgIpc) is 2.35. The zero-order chi connectivity index (χ0) is 13.8. The molecule has 0 fully saturated rings. The second-order valence-corrected chi connectivity index (χ2v) is 5.65. The van der Waals surface area contributed by atoms with Crippen molar-refractivity contribution in [1.82, 2.24) is 0 Å². The van der Waals surface area contributed by atoms with Crippen molar-refractivity contribution in [2.24, 2.45) is 11.8 Å². The van der Waals surface area contributed by atoms with Crippen molar-refractivity contribution in [3.63, 3.8) is 0 Å². The van der Waals surface area contributed by atoms with Gasteiger partial charge >= 0.3 is 0 Å². The molecule has 0 saturated carbocycles. The Hall–Kier alpha value is -0.140. The minimum Gasteiger partial charge on any atom is -0.210 e. The van der Waals surface area contributed by atoms with Crippen LogP contribution in [0.25, 0.3) is 0 Å². The summed E-state index contributed by atoms with van der Waals surface area (Å²) < 4.78 is 25.6. The highest BCUT2D eigenvalue weighted by molar-refractivity contribution is 4.69. The van der Waals surface area contributed by atoms with E-state index in [-0.39, 0.29) is 5.92 Å². The molecule has 0 spiro atoms. The lowest BCUT2D eigenvalue weighted by molar-refractivity contribution is 0.0466. The highest BCUT2D eigenvalue weighted by atomic mass is 19.3. The van der Waals surface area contributed by atoms with Gasteiger partial charge < -0.3 is 0 Å². The van der Waals surface area contributed by atoms with Gasteiger partial charge in [-0.3, -0.25) is 0 Å². The van der Waals surface area contributed by atoms with Crippen LogP contribution in [0.2, 0.25) is 0 Å². The molecule has 0 nitrogen and oxygen atoms in total. The van der Waals surface area contributed by atoms with E-state index in [0.29, 0.717) is 0 Å². The number of alkyl halides is 2. The third-order valence-electron chi connectivity index (χ3n) is 4.00. The van der Waals surface area contributed by atoms with Gasteiger partial charge in [0.2, 0.25) is 6.43 Å². The summed E-state index contributed by atoms with van der Waals surface area (Å²) in [7, 11) is 0. The summed E-state index contributed by atoms with van der Waals surface area (Å²) in [6, 6.07) is 0. The fourth-order valence-electron chi connectivity index (χ4n) is 2.54. The van der Waals surface area contributed by atoms with E-state index in [2.05, 4.69) is 13.8 Å². The lowest BCUT2D eigenvalue weighted by Gasteiger charge is -2.23. The van der Waals surface area contributed by atoms with Gasteiger partial charge in [-0.05, 0) is 18.8 Å². The summed E-state index contributed by atoms with van der Waals surface area (Å²) in [5.74, 6) is -0.189. The standard InChI is InChI=1S/C16H32F2/c1-4-6-8-9-11-13-15(12-10-7-5-2)14(3)16(17)18/h14-16H,4-13H2,1-3H3/t14-,15?/m1/s1. The number of rotatable bonds is 12. The van der Waals surface area contributed by atoms with Crippen molar-refractivity contribution in [2.45, 2.75) is 91.4 Å². The third-order valence-corrected chi connectivity index (χ3v) is 4.00. The van der Waals surface area contributed by atoms with Gasteiger partial charge in [-0.1, -0.05) is 72.1 Å². The summed E-state index contributed by atoms with van der Waals surface area (Å²) in [6.07, 6.45) is 9.46. The van der Waals surface area contributed by atoms with E-state index in [1.54, 1.807) is 6.92 Å². The zero-order valence-corrected chi connectivity index (χ0v) is 12.6. The molecule has 0 aromatic heterocycles. The van der Waals surface area contributed by atoms with Crippen LogP contribution in [0.1, 0.15) is 85.0 Å². The van der Waals surface area contributed by atoms with Crippen LogP contribution in [0.5, 0.6) is 0 Å². The van der Waals surface area contributed by atoms with Gasteiger partial charge in [0, 0.05) is 5.92 Å². The average molecular weight is 262 g/mol. The minimum absolute atomic E-state index is 0.234. The van der Waals surface area contributed by atoms with Crippen molar-refractivity contribution in [1.29, 1.82) is 0 Å². The maximum absolute atomic E-state index is 12.8. The predicted molar refractivity (Wildman–Crippen MR) is 76.2 cm³/mol. The van der Waals surface area contributed by atoms with Gasteiger partial charge in [0.25, 0.3) is 0 Å². The number of halogens is 2. The van der Waals surface area contributed by atoms with E-state index in [1.165, 1.54) is 38.5 Å². The molecule has 0 heterocycles. The summed E-state index contributed by atoms with van der Waals surface area (Å²) in [5.41, 5.74) is 0. The van der Waals surface area contributed by atoms with Gasteiger partial charge in [-0.2, -0.15) is 0 Å². The maximum atomic E-state index is 12.8. The Morgan fingerprint density at radius 3 is 1.67 bits per heavy atom. The normalized spacial score (nSPS) is 15.0. The molecular formula is C16H32F2. The topological polar surface area (TPSA) is 0 Å². The molecule has 0 aromatic rings. The molecule has 0 N–H and O–H groups in total. The van der Waals surface area contributed by atoms with Crippen molar-refractivity contribution >= 4 is 0 Å². The summed E-state index contributed by atoms with van der Waals surface area (Å²) >= 11 is 0. The molecule has 0 saturated heterocycles. The Labute approximate surface area is 113 Å². The largest absolute Gasteiger partial charge is 0.241 e. The molecule has 0 radical (unpaired) electrons. The van der Waals surface area contributed by atoms with Crippen LogP contribution in [0.15, 0.2) is 0 Å². The van der Waals surface area contributed by atoms with Crippen LogP contribution in [0, 0.1) is 11.8 Å². The molecule has 2 heteroatoms.